The van der Waals surface area contributed by atoms with E-state index in [0.717, 1.165) is 12.0 Å². The number of hydrogen-bond acceptors (Lipinski definition) is 1. The molecule has 1 rings (SSSR count). The maximum atomic E-state index is 12.0. The minimum absolute atomic E-state index is 0.164. The van der Waals surface area contributed by atoms with Gasteiger partial charge >= 0.3 is 0 Å². The molecule has 0 aromatic carbocycles. The van der Waals surface area contributed by atoms with E-state index in [0.29, 0.717) is 12.0 Å². The second-order valence-electron chi connectivity index (χ2n) is 4.09. The van der Waals surface area contributed by atoms with E-state index in [4.69, 9.17) is 0 Å². The highest BCUT2D eigenvalue weighted by atomic mass is 16.1. The van der Waals surface area contributed by atoms with Gasteiger partial charge in [0, 0.05) is 17.8 Å². The highest BCUT2D eigenvalue weighted by molar-refractivity contribution is 5.14. The summed E-state index contributed by atoms with van der Waals surface area (Å²) in [5.74, 6) is 0.305. The van der Waals surface area contributed by atoms with Gasteiger partial charge in [0.25, 0.3) is 5.56 Å². The summed E-state index contributed by atoms with van der Waals surface area (Å²) < 4.78 is 1.83. The van der Waals surface area contributed by atoms with Crippen molar-refractivity contribution in [2.75, 3.05) is 0 Å². The molecule has 0 saturated heterocycles. The van der Waals surface area contributed by atoms with Crippen LogP contribution < -0.4 is 5.56 Å². The van der Waals surface area contributed by atoms with E-state index >= 15 is 0 Å². The zero-order valence-corrected chi connectivity index (χ0v) is 9.45. The average molecular weight is 193 g/mol. The first-order valence-electron chi connectivity index (χ1n) is 5.29. The zero-order chi connectivity index (χ0) is 10.7. The Morgan fingerprint density at radius 1 is 1.36 bits per heavy atom. The van der Waals surface area contributed by atoms with Crippen LogP contribution in [0, 0.1) is 0 Å². The first kappa shape index (κ1) is 11.0. The Morgan fingerprint density at radius 2 is 2.00 bits per heavy atom. The molecule has 0 amide bonds. The molecule has 0 aliphatic heterocycles. The molecule has 0 radical (unpaired) electrons. The SMILES string of the molecule is CCC(C)n1cccc(C(C)C)c1=O. The molecule has 1 aromatic rings. The van der Waals surface area contributed by atoms with Crippen LogP contribution in [0.15, 0.2) is 23.1 Å². The molecular formula is C12H19NO. The first-order valence-corrected chi connectivity index (χ1v) is 5.29. The minimum atomic E-state index is 0.164. The average Bonchev–Trinajstić information content (AvgIpc) is 2.16. The molecular weight excluding hydrogens is 174 g/mol. The van der Waals surface area contributed by atoms with Gasteiger partial charge in [-0.25, -0.2) is 0 Å². The molecule has 78 valence electrons. The van der Waals surface area contributed by atoms with Crippen molar-refractivity contribution in [3.8, 4) is 0 Å². The van der Waals surface area contributed by atoms with Gasteiger partial charge in [-0.05, 0) is 25.3 Å². The fraction of sp³-hybridized carbons (Fsp3) is 0.583. The van der Waals surface area contributed by atoms with Crippen molar-refractivity contribution in [2.45, 2.75) is 46.1 Å². The fourth-order valence-electron chi connectivity index (χ4n) is 1.51. The third-order valence-corrected chi connectivity index (χ3v) is 2.69. The van der Waals surface area contributed by atoms with E-state index in [2.05, 4.69) is 27.7 Å². The Kier molecular flexibility index (Phi) is 3.50. The number of aromatic nitrogens is 1. The van der Waals surface area contributed by atoms with E-state index in [9.17, 15) is 4.79 Å². The Labute approximate surface area is 85.6 Å². The van der Waals surface area contributed by atoms with Crippen molar-refractivity contribution in [3.05, 3.63) is 34.2 Å². The van der Waals surface area contributed by atoms with Crippen LogP contribution in [0.3, 0.4) is 0 Å². The molecule has 0 spiro atoms. The molecule has 0 fully saturated rings. The number of hydrogen-bond donors (Lipinski definition) is 0. The molecule has 2 nitrogen and oxygen atoms in total. The number of rotatable bonds is 3. The quantitative estimate of drug-likeness (QED) is 0.723. The van der Waals surface area contributed by atoms with Gasteiger partial charge in [-0.2, -0.15) is 0 Å². The molecule has 0 N–H and O–H groups in total. The van der Waals surface area contributed by atoms with Crippen molar-refractivity contribution in [1.29, 1.82) is 0 Å². The predicted molar refractivity (Wildman–Crippen MR) is 59.8 cm³/mol. The Hall–Kier alpha value is -1.05. The fourth-order valence-corrected chi connectivity index (χ4v) is 1.51. The van der Waals surface area contributed by atoms with Crippen LogP contribution >= 0.6 is 0 Å². The largest absolute Gasteiger partial charge is 0.313 e. The Morgan fingerprint density at radius 3 is 2.50 bits per heavy atom. The smallest absolute Gasteiger partial charge is 0.254 e. The van der Waals surface area contributed by atoms with Gasteiger partial charge in [-0.15, -0.1) is 0 Å². The minimum Gasteiger partial charge on any atom is -0.313 e. The van der Waals surface area contributed by atoms with E-state index in [1.54, 1.807) is 0 Å². The van der Waals surface area contributed by atoms with Crippen molar-refractivity contribution in [1.82, 2.24) is 4.57 Å². The predicted octanol–water partition coefficient (Wildman–Crippen LogP) is 2.94. The summed E-state index contributed by atoms with van der Waals surface area (Å²) in [5, 5.41) is 0. The molecule has 1 aromatic heterocycles. The van der Waals surface area contributed by atoms with E-state index in [-0.39, 0.29) is 5.56 Å². The summed E-state index contributed by atoms with van der Waals surface area (Å²) in [6, 6.07) is 4.18. The number of nitrogens with zero attached hydrogens (tertiary/aromatic N) is 1. The van der Waals surface area contributed by atoms with E-state index in [1.165, 1.54) is 0 Å². The normalized spacial score (nSPS) is 13.2. The molecule has 14 heavy (non-hydrogen) atoms. The van der Waals surface area contributed by atoms with Crippen molar-refractivity contribution < 1.29 is 0 Å². The second-order valence-corrected chi connectivity index (χ2v) is 4.09. The third-order valence-electron chi connectivity index (χ3n) is 2.69. The maximum Gasteiger partial charge on any atom is 0.254 e. The maximum absolute atomic E-state index is 12.0. The highest BCUT2D eigenvalue weighted by Crippen LogP contribution is 2.11. The molecule has 0 aliphatic carbocycles. The van der Waals surface area contributed by atoms with Gasteiger partial charge in [0.2, 0.25) is 0 Å². The molecule has 1 heterocycles. The zero-order valence-electron chi connectivity index (χ0n) is 9.45. The van der Waals surface area contributed by atoms with Gasteiger partial charge in [-0.1, -0.05) is 26.8 Å². The van der Waals surface area contributed by atoms with E-state index < -0.39 is 0 Å². The molecule has 0 saturated carbocycles. The van der Waals surface area contributed by atoms with E-state index in [1.807, 2.05) is 22.9 Å². The first-order chi connectivity index (χ1) is 6.57. The second kappa shape index (κ2) is 4.45. The van der Waals surface area contributed by atoms with Gasteiger partial charge in [0.1, 0.15) is 0 Å². The lowest BCUT2D eigenvalue weighted by atomic mass is 10.1. The van der Waals surface area contributed by atoms with Gasteiger partial charge in [-0.3, -0.25) is 4.79 Å². The highest BCUT2D eigenvalue weighted by Gasteiger charge is 2.09. The summed E-state index contributed by atoms with van der Waals surface area (Å²) >= 11 is 0. The van der Waals surface area contributed by atoms with Crippen LogP contribution in [0.2, 0.25) is 0 Å². The summed E-state index contributed by atoms with van der Waals surface area (Å²) in [5.41, 5.74) is 1.07. The Balaban J connectivity index is 3.21. The van der Waals surface area contributed by atoms with Crippen LogP contribution in [0.1, 0.15) is 51.6 Å². The van der Waals surface area contributed by atoms with Crippen LogP contribution in [0.4, 0.5) is 0 Å². The molecule has 0 bridgehead atoms. The van der Waals surface area contributed by atoms with Crippen LogP contribution in [0.5, 0.6) is 0 Å². The molecule has 1 unspecified atom stereocenters. The summed E-state index contributed by atoms with van der Waals surface area (Å²) in [6.45, 7) is 8.28. The molecule has 0 aliphatic rings. The van der Waals surface area contributed by atoms with Gasteiger partial charge in [0.15, 0.2) is 0 Å². The monoisotopic (exact) mass is 193 g/mol. The summed E-state index contributed by atoms with van der Waals surface area (Å²) in [6.07, 6.45) is 2.86. The van der Waals surface area contributed by atoms with Crippen molar-refractivity contribution in [2.24, 2.45) is 0 Å². The molecule has 2 heteroatoms. The van der Waals surface area contributed by atoms with Gasteiger partial charge < -0.3 is 4.57 Å². The standard InChI is InChI=1S/C12H19NO/c1-5-10(4)13-8-6-7-11(9(2)3)12(13)14/h6-10H,5H2,1-4H3. The van der Waals surface area contributed by atoms with Crippen LogP contribution in [0.25, 0.3) is 0 Å². The van der Waals surface area contributed by atoms with Crippen LogP contribution in [-0.4, -0.2) is 4.57 Å². The third kappa shape index (κ3) is 2.06. The van der Waals surface area contributed by atoms with Crippen molar-refractivity contribution >= 4 is 0 Å². The Bertz CT molecular complexity index is 352. The lowest BCUT2D eigenvalue weighted by Gasteiger charge is -2.15. The number of pyridine rings is 1. The summed E-state index contributed by atoms with van der Waals surface area (Å²) in [7, 11) is 0. The lowest BCUT2D eigenvalue weighted by molar-refractivity contribution is 0.509. The molecule has 1 atom stereocenters. The van der Waals surface area contributed by atoms with Crippen LogP contribution in [-0.2, 0) is 0 Å². The topological polar surface area (TPSA) is 22.0 Å². The van der Waals surface area contributed by atoms with Gasteiger partial charge in [0.05, 0.1) is 0 Å². The lowest BCUT2D eigenvalue weighted by Crippen LogP contribution is -2.25. The van der Waals surface area contributed by atoms with Crippen molar-refractivity contribution in [3.63, 3.8) is 0 Å². The summed E-state index contributed by atoms with van der Waals surface area (Å²) in [4.78, 5) is 12.0.